The van der Waals surface area contributed by atoms with Crippen LogP contribution in [-0.2, 0) is 43.5 Å². The Morgan fingerprint density at radius 2 is 1.23 bits per heavy atom. The molecule has 1 aliphatic rings. The van der Waals surface area contributed by atoms with Gasteiger partial charge in [0.1, 0.15) is 30.3 Å². The van der Waals surface area contributed by atoms with Gasteiger partial charge < -0.3 is 28.1 Å². The van der Waals surface area contributed by atoms with Gasteiger partial charge in [0.05, 0.1) is 32.3 Å². The summed E-state index contributed by atoms with van der Waals surface area (Å²) in [7, 11) is 1.51. The number of halogens is 3. The molecule has 1 aromatic heterocycles. The Hall–Kier alpha value is -4.32. The minimum absolute atomic E-state index is 0.0120. The second-order valence-corrected chi connectivity index (χ2v) is 11.2. The summed E-state index contributed by atoms with van der Waals surface area (Å²) < 4.78 is 79.5. The van der Waals surface area contributed by atoms with Gasteiger partial charge in [0, 0.05) is 12.7 Å². The van der Waals surface area contributed by atoms with E-state index in [-0.39, 0.29) is 37.0 Å². The summed E-state index contributed by atoms with van der Waals surface area (Å²) >= 11 is 0. The van der Waals surface area contributed by atoms with Gasteiger partial charge in [-0.2, -0.15) is 0 Å². The van der Waals surface area contributed by atoms with Crippen LogP contribution in [0.1, 0.15) is 28.5 Å². The van der Waals surface area contributed by atoms with Gasteiger partial charge in [0.25, 0.3) is 0 Å². The van der Waals surface area contributed by atoms with E-state index >= 15 is 0 Å². The molecule has 5 atom stereocenters. The Morgan fingerprint density at radius 1 is 0.702 bits per heavy atom. The summed E-state index contributed by atoms with van der Waals surface area (Å²) in [5, 5.41) is 0. The molecule has 5 aromatic rings. The number of hydrogen-bond acceptors (Lipinski definition) is 7. The lowest BCUT2D eigenvalue weighted by atomic mass is 9.88. The molecular weight excluding hydrogens is 611 g/mol. The molecule has 244 valence electrons. The smallest absolute Gasteiger partial charge is 0.203 e. The molecule has 3 unspecified atom stereocenters. The highest BCUT2D eigenvalue weighted by atomic mass is 19.2. The number of hydrogen-bond donors (Lipinski definition) is 0. The number of benzene rings is 4. The van der Waals surface area contributed by atoms with Crippen molar-refractivity contribution in [2.45, 2.75) is 50.3 Å². The van der Waals surface area contributed by atoms with Crippen LogP contribution < -0.4 is 0 Å². The van der Waals surface area contributed by atoms with E-state index in [1.54, 1.807) is 0 Å². The van der Waals surface area contributed by atoms with E-state index in [1.165, 1.54) is 13.4 Å². The molecule has 1 saturated heterocycles. The lowest BCUT2D eigenvalue weighted by Crippen LogP contribution is -2.56. The summed E-state index contributed by atoms with van der Waals surface area (Å²) in [4.78, 5) is 4.62. The lowest BCUT2D eigenvalue weighted by Gasteiger charge is -2.44. The molecule has 0 spiro atoms. The van der Waals surface area contributed by atoms with Crippen LogP contribution in [0.2, 0.25) is 0 Å². The first-order valence-electron chi connectivity index (χ1n) is 15.2. The van der Waals surface area contributed by atoms with Crippen LogP contribution in [0.25, 0.3) is 11.3 Å². The predicted molar refractivity (Wildman–Crippen MR) is 166 cm³/mol. The zero-order valence-corrected chi connectivity index (χ0v) is 25.6. The normalized spacial score (nSPS) is 21.1. The molecule has 47 heavy (non-hydrogen) atoms. The largest absolute Gasteiger partial charge is 0.448 e. The molecular formula is C37H34F3NO6. The van der Waals surface area contributed by atoms with Crippen molar-refractivity contribution < 1.29 is 41.3 Å². The molecule has 1 aliphatic heterocycles. The Labute approximate surface area is 270 Å². The minimum atomic E-state index is -1.56. The summed E-state index contributed by atoms with van der Waals surface area (Å²) in [6.07, 6.45) is -1.81. The van der Waals surface area contributed by atoms with Gasteiger partial charge in [-0.3, -0.25) is 0 Å². The van der Waals surface area contributed by atoms with Gasteiger partial charge >= 0.3 is 0 Å². The maximum Gasteiger partial charge on any atom is 0.203 e. The first-order chi connectivity index (χ1) is 23.0. The number of oxazole rings is 1. The summed E-state index contributed by atoms with van der Waals surface area (Å²) in [6, 6.07) is 30.7. The predicted octanol–water partition coefficient (Wildman–Crippen LogP) is 7.60. The van der Waals surface area contributed by atoms with Gasteiger partial charge in [-0.15, -0.1) is 0 Å². The third-order valence-corrected chi connectivity index (χ3v) is 7.93. The molecule has 0 saturated carbocycles. The molecule has 0 bridgehead atoms. The molecule has 0 amide bonds. The minimum Gasteiger partial charge on any atom is -0.448 e. The fourth-order valence-corrected chi connectivity index (χ4v) is 5.59. The molecule has 1 fully saturated rings. The van der Waals surface area contributed by atoms with Crippen molar-refractivity contribution in [3.63, 3.8) is 0 Å². The van der Waals surface area contributed by atoms with Gasteiger partial charge in [0.15, 0.2) is 23.7 Å². The van der Waals surface area contributed by atoms with Crippen LogP contribution in [0.15, 0.2) is 114 Å². The van der Waals surface area contributed by atoms with Crippen LogP contribution in [0.5, 0.6) is 0 Å². The number of nitrogens with zero attached hydrogens (tertiary/aromatic N) is 1. The zero-order chi connectivity index (χ0) is 32.6. The monoisotopic (exact) mass is 645 g/mol. The molecule has 4 aromatic carbocycles. The Balaban J connectivity index is 1.35. The van der Waals surface area contributed by atoms with E-state index in [1.807, 2.05) is 91.0 Å². The average molecular weight is 646 g/mol. The Kier molecular flexibility index (Phi) is 10.8. The highest BCUT2D eigenvalue weighted by molar-refractivity contribution is 5.58. The summed E-state index contributed by atoms with van der Waals surface area (Å²) in [5.41, 5.74) is 2.96. The highest BCUT2D eigenvalue weighted by Crippen LogP contribution is 2.40. The van der Waals surface area contributed by atoms with Crippen molar-refractivity contribution in [1.29, 1.82) is 0 Å². The first kappa shape index (κ1) is 32.6. The summed E-state index contributed by atoms with van der Waals surface area (Å²) in [6.45, 7) is 0.921. The van der Waals surface area contributed by atoms with Gasteiger partial charge in [-0.1, -0.05) is 91.0 Å². The van der Waals surface area contributed by atoms with Gasteiger partial charge in [0.2, 0.25) is 5.89 Å². The SMILES string of the molecule is CO[C@H]1OC(COCc2ccccc2)[C@H](OCc2ccccc2)C(c2nc(-c3cc(F)c(F)c(F)c3)co2)C1OCc1ccccc1. The standard InChI is InChI=1S/C37H34F3NO6/c1-42-37-35(45-21-26-15-9-4-10-16-26)32(36-41-30(22-46-36)27-17-28(38)33(40)29(39)18-27)34(44-20-25-13-7-3-8-14-25)31(47-37)23-43-19-24-11-5-2-6-12-24/h2-18,22,31-32,34-35,37H,19-21,23H2,1H3/t31?,32?,34-,35?,37-/m0/s1. The van der Waals surface area contributed by atoms with E-state index in [0.29, 0.717) is 6.61 Å². The Morgan fingerprint density at radius 3 is 1.79 bits per heavy atom. The van der Waals surface area contributed by atoms with Crippen molar-refractivity contribution in [3.05, 3.63) is 149 Å². The number of methoxy groups -OCH3 is 1. The van der Waals surface area contributed by atoms with E-state index in [4.69, 9.17) is 28.1 Å². The van der Waals surface area contributed by atoms with Crippen molar-refractivity contribution >= 4 is 0 Å². The molecule has 0 radical (unpaired) electrons. The Bertz CT molecular complexity index is 1680. The fourth-order valence-electron chi connectivity index (χ4n) is 5.59. The maximum atomic E-state index is 14.2. The van der Waals surface area contributed by atoms with Crippen LogP contribution in [0.3, 0.4) is 0 Å². The van der Waals surface area contributed by atoms with E-state index in [9.17, 15) is 13.2 Å². The maximum absolute atomic E-state index is 14.2. The second kappa shape index (κ2) is 15.5. The van der Waals surface area contributed by atoms with E-state index in [0.717, 1.165) is 28.8 Å². The van der Waals surface area contributed by atoms with Crippen molar-refractivity contribution in [1.82, 2.24) is 4.98 Å². The third-order valence-electron chi connectivity index (χ3n) is 7.93. The number of aromatic nitrogens is 1. The third kappa shape index (κ3) is 7.98. The molecule has 2 heterocycles. The molecule has 7 nitrogen and oxygen atoms in total. The molecule has 0 aliphatic carbocycles. The van der Waals surface area contributed by atoms with Crippen LogP contribution in [-0.4, -0.2) is 43.3 Å². The topological polar surface area (TPSA) is 72.2 Å². The quantitative estimate of drug-likeness (QED) is 0.122. The van der Waals surface area contributed by atoms with E-state index in [2.05, 4.69) is 4.98 Å². The van der Waals surface area contributed by atoms with Crippen LogP contribution >= 0.6 is 0 Å². The second-order valence-electron chi connectivity index (χ2n) is 11.2. The highest BCUT2D eigenvalue weighted by Gasteiger charge is 2.51. The fraction of sp³-hybridized carbons (Fsp3) is 0.270. The van der Waals surface area contributed by atoms with Crippen LogP contribution in [0, 0.1) is 17.5 Å². The lowest BCUT2D eigenvalue weighted by molar-refractivity contribution is -0.293. The molecule has 0 N–H and O–H groups in total. The first-order valence-corrected chi connectivity index (χ1v) is 15.2. The molecule has 6 rings (SSSR count). The van der Waals surface area contributed by atoms with Gasteiger partial charge in [-0.05, 0) is 28.8 Å². The number of ether oxygens (including phenoxy) is 5. The average Bonchev–Trinajstić information content (AvgIpc) is 3.60. The number of rotatable bonds is 13. The van der Waals surface area contributed by atoms with Crippen molar-refractivity contribution in [3.8, 4) is 11.3 Å². The van der Waals surface area contributed by atoms with Crippen molar-refractivity contribution in [2.75, 3.05) is 13.7 Å². The molecule has 10 heteroatoms. The zero-order valence-electron chi connectivity index (χ0n) is 25.6. The summed E-state index contributed by atoms with van der Waals surface area (Å²) in [5.74, 6) is -4.79. The van der Waals surface area contributed by atoms with E-state index < -0.39 is 48.0 Å². The van der Waals surface area contributed by atoms with Crippen LogP contribution in [0.4, 0.5) is 13.2 Å². The van der Waals surface area contributed by atoms with Gasteiger partial charge in [-0.25, -0.2) is 18.2 Å². The van der Waals surface area contributed by atoms with Crippen molar-refractivity contribution in [2.24, 2.45) is 0 Å².